The van der Waals surface area contributed by atoms with E-state index in [0.717, 1.165) is 42.4 Å². The Kier molecular flexibility index (Phi) is 5.86. The fraction of sp³-hybridized carbons (Fsp3) is 0.533. The van der Waals surface area contributed by atoms with Crippen molar-refractivity contribution in [1.29, 1.82) is 0 Å². The van der Waals surface area contributed by atoms with Crippen LogP contribution in [0.1, 0.15) is 5.82 Å². The molecule has 0 unspecified atom stereocenters. The predicted molar refractivity (Wildman–Crippen MR) is 101 cm³/mol. The van der Waals surface area contributed by atoms with Gasteiger partial charge in [-0.2, -0.15) is 10.1 Å². The average molecular weight is 424 g/mol. The highest BCUT2D eigenvalue weighted by Crippen LogP contribution is 2.23. The highest BCUT2D eigenvalue weighted by atomic mass is 79.9. The second-order valence-electron chi connectivity index (χ2n) is 5.70. The third-order valence-corrected chi connectivity index (χ3v) is 4.72. The lowest BCUT2D eigenvalue weighted by Crippen LogP contribution is -2.52. The minimum Gasteiger partial charge on any atom is -0.480 e. The van der Waals surface area contributed by atoms with Crippen molar-refractivity contribution in [3.8, 4) is 5.88 Å². The van der Waals surface area contributed by atoms with E-state index in [2.05, 4.69) is 56.1 Å². The lowest BCUT2D eigenvalue weighted by Gasteiger charge is -2.36. The summed E-state index contributed by atoms with van der Waals surface area (Å²) in [6, 6.07) is 0. The van der Waals surface area contributed by atoms with E-state index in [9.17, 15) is 0 Å². The fourth-order valence-corrected chi connectivity index (χ4v) is 3.08. The van der Waals surface area contributed by atoms with Crippen LogP contribution in [-0.2, 0) is 13.6 Å². The molecule has 0 bridgehead atoms. The number of aromatic nitrogens is 5. The SMILES string of the molecule is CN=C(NCc1ncnn1C)N1CCN(c2ncc(Br)c(OC)n2)CC1. The number of aryl methyl sites for hydroxylation is 1. The number of halogens is 1. The van der Waals surface area contributed by atoms with Crippen LogP contribution in [0.25, 0.3) is 0 Å². The van der Waals surface area contributed by atoms with Gasteiger partial charge in [0.1, 0.15) is 12.2 Å². The average Bonchev–Trinajstić information content (AvgIpc) is 3.08. The molecule has 1 aliphatic rings. The van der Waals surface area contributed by atoms with Gasteiger partial charge in [0.25, 0.3) is 0 Å². The molecule has 1 saturated heterocycles. The number of ether oxygens (including phenoxy) is 1. The number of nitrogens with zero attached hydrogens (tertiary/aromatic N) is 8. The Hall–Kier alpha value is -2.43. The Morgan fingerprint density at radius 2 is 2.08 bits per heavy atom. The van der Waals surface area contributed by atoms with Crippen LogP contribution in [0.2, 0.25) is 0 Å². The number of guanidine groups is 1. The van der Waals surface area contributed by atoms with Crippen molar-refractivity contribution in [3.63, 3.8) is 0 Å². The van der Waals surface area contributed by atoms with Crippen molar-refractivity contribution in [2.45, 2.75) is 6.54 Å². The Morgan fingerprint density at radius 3 is 2.69 bits per heavy atom. The third-order valence-electron chi connectivity index (χ3n) is 4.18. The summed E-state index contributed by atoms with van der Waals surface area (Å²) in [5.74, 6) is 2.92. The van der Waals surface area contributed by atoms with E-state index in [0.29, 0.717) is 18.4 Å². The minimum absolute atomic E-state index is 0.540. The van der Waals surface area contributed by atoms with Crippen LogP contribution in [-0.4, -0.2) is 75.9 Å². The van der Waals surface area contributed by atoms with E-state index in [1.54, 1.807) is 31.4 Å². The first-order chi connectivity index (χ1) is 12.6. The van der Waals surface area contributed by atoms with Crippen LogP contribution in [0.4, 0.5) is 5.95 Å². The number of anilines is 1. The molecule has 0 saturated carbocycles. The molecule has 2 aromatic heterocycles. The standard InChI is InChI=1S/C15H22BrN9O/c1-17-14(19-9-12-20-10-21-23(12)2)24-4-6-25(7-5-24)15-18-8-11(16)13(22-15)26-3/h8,10H,4-7,9H2,1-3H3,(H,17,19). The van der Waals surface area contributed by atoms with Crippen molar-refractivity contribution in [3.05, 3.63) is 22.8 Å². The van der Waals surface area contributed by atoms with Crippen LogP contribution in [0, 0.1) is 0 Å². The minimum atomic E-state index is 0.540. The van der Waals surface area contributed by atoms with Crippen molar-refractivity contribution >= 4 is 27.8 Å². The smallest absolute Gasteiger partial charge is 0.232 e. The third kappa shape index (κ3) is 4.03. The molecule has 3 heterocycles. The van der Waals surface area contributed by atoms with Gasteiger partial charge in [-0.1, -0.05) is 0 Å². The van der Waals surface area contributed by atoms with E-state index >= 15 is 0 Å². The maximum atomic E-state index is 5.25. The molecule has 26 heavy (non-hydrogen) atoms. The van der Waals surface area contributed by atoms with Crippen LogP contribution < -0.4 is 15.0 Å². The summed E-state index contributed by atoms with van der Waals surface area (Å²) in [6.07, 6.45) is 3.26. The largest absolute Gasteiger partial charge is 0.480 e. The predicted octanol–water partition coefficient (Wildman–Crippen LogP) is 0.274. The van der Waals surface area contributed by atoms with Crippen molar-refractivity contribution in [2.75, 3.05) is 45.2 Å². The molecule has 2 aromatic rings. The lowest BCUT2D eigenvalue weighted by molar-refractivity contribution is 0.365. The van der Waals surface area contributed by atoms with E-state index in [1.807, 2.05) is 7.05 Å². The number of rotatable bonds is 4. The number of aliphatic imine (C=N–C) groups is 1. The van der Waals surface area contributed by atoms with E-state index in [4.69, 9.17) is 4.74 Å². The molecule has 0 aliphatic carbocycles. The second kappa shape index (κ2) is 8.30. The quantitative estimate of drug-likeness (QED) is 0.552. The van der Waals surface area contributed by atoms with Gasteiger partial charge in [0, 0.05) is 40.3 Å². The molecular formula is C15H22BrN9O. The second-order valence-corrected chi connectivity index (χ2v) is 6.56. The van der Waals surface area contributed by atoms with Crippen molar-refractivity contribution < 1.29 is 4.74 Å². The molecule has 11 heteroatoms. The maximum absolute atomic E-state index is 5.25. The van der Waals surface area contributed by atoms with Crippen LogP contribution in [0.3, 0.4) is 0 Å². The van der Waals surface area contributed by atoms with E-state index in [-0.39, 0.29) is 0 Å². The highest BCUT2D eigenvalue weighted by molar-refractivity contribution is 9.10. The molecule has 1 fully saturated rings. The molecule has 1 N–H and O–H groups in total. The normalized spacial score (nSPS) is 15.3. The zero-order valence-corrected chi connectivity index (χ0v) is 16.6. The zero-order chi connectivity index (χ0) is 18.5. The molecular weight excluding hydrogens is 402 g/mol. The maximum Gasteiger partial charge on any atom is 0.232 e. The van der Waals surface area contributed by atoms with Gasteiger partial charge in [0.05, 0.1) is 24.3 Å². The number of methoxy groups -OCH3 is 1. The topological polar surface area (TPSA) is 96.6 Å². The monoisotopic (exact) mass is 423 g/mol. The Bertz CT molecular complexity index is 770. The molecule has 10 nitrogen and oxygen atoms in total. The van der Waals surface area contributed by atoms with E-state index < -0.39 is 0 Å². The first-order valence-corrected chi connectivity index (χ1v) is 9.01. The van der Waals surface area contributed by atoms with Crippen LogP contribution >= 0.6 is 15.9 Å². The van der Waals surface area contributed by atoms with Gasteiger partial charge in [-0.3, -0.25) is 9.67 Å². The summed E-state index contributed by atoms with van der Waals surface area (Å²) >= 11 is 3.38. The Morgan fingerprint density at radius 1 is 1.31 bits per heavy atom. The summed E-state index contributed by atoms with van der Waals surface area (Å²) in [6.45, 7) is 3.82. The molecule has 0 spiro atoms. The number of piperazine rings is 1. The number of hydrogen-bond acceptors (Lipinski definition) is 7. The molecule has 0 atom stereocenters. The summed E-state index contributed by atoms with van der Waals surface area (Å²) in [5.41, 5.74) is 0. The van der Waals surface area contributed by atoms with E-state index in [1.165, 1.54) is 0 Å². The molecule has 0 aromatic carbocycles. The van der Waals surface area contributed by atoms with Crippen LogP contribution in [0.15, 0.2) is 22.0 Å². The van der Waals surface area contributed by atoms with Gasteiger partial charge in [0.2, 0.25) is 11.8 Å². The van der Waals surface area contributed by atoms with Crippen molar-refractivity contribution in [2.24, 2.45) is 12.0 Å². The van der Waals surface area contributed by atoms with Gasteiger partial charge in [-0.15, -0.1) is 0 Å². The fourth-order valence-electron chi connectivity index (χ4n) is 2.73. The number of nitrogens with one attached hydrogen (secondary N) is 1. The van der Waals surface area contributed by atoms with Gasteiger partial charge in [-0.25, -0.2) is 9.97 Å². The summed E-state index contributed by atoms with van der Waals surface area (Å²) in [5, 5.41) is 7.41. The van der Waals surface area contributed by atoms with Crippen LogP contribution in [0.5, 0.6) is 5.88 Å². The first kappa shape index (κ1) is 18.4. The lowest BCUT2D eigenvalue weighted by atomic mass is 10.3. The van der Waals surface area contributed by atoms with Gasteiger partial charge in [-0.05, 0) is 15.9 Å². The molecule has 0 radical (unpaired) electrons. The summed E-state index contributed by atoms with van der Waals surface area (Å²) in [7, 11) is 5.26. The van der Waals surface area contributed by atoms with Gasteiger partial charge >= 0.3 is 0 Å². The van der Waals surface area contributed by atoms with Gasteiger partial charge in [0.15, 0.2) is 5.96 Å². The summed E-state index contributed by atoms with van der Waals surface area (Å²) < 4.78 is 7.75. The first-order valence-electron chi connectivity index (χ1n) is 8.22. The Balaban J connectivity index is 1.57. The Labute approximate surface area is 160 Å². The number of hydrogen-bond donors (Lipinski definition) is 1. The molecule has 0 amide bonds. The van der Waals surface area contributed by atoms with Gasteiger partial charge < -0.3 is 19.9 Å². The molecule has 140 valence electrons. The summed E-state index contributed by atoms with van der Waals surface area (Å²) in [4.78, 5) is 21.8. The van der Waals surface area contributed by atoms with Crippen molar-refractivity contribution in [1.82, 2.24) is 34.9 Å². The molecule has 1 aliphatic heterocycles. The molecule has 3 rings (SSSR count). The zero-order valence-electron chi connectivity index (χ0n) is 15.1. The highest BCUT2D eigenvalue weighted by Gasteiger charge is 2.22.